The Bertz CT molecular complexity index is 768. The third-order valence-electron chi connectivity index (χ3n) is 4.94. The first-order valence-corrected chi connectivity index (χ1v) is 8.43. The molecular formula is C20H22ClNO2. The van der Waals surface area contributed by atoms with Gasteiger partial charge in [0.25, 0.3) is 5.91 Å². The molecule has 1 amide bonds. The van der Waals surface area contributed by atoms with Crippen LogP contribution in [0.1, 0.15) is 41.3 Å². The summed E-state index contributed by atoms with van der Waals surface area (Å²) in [5.41, 5.74) is 2.83. The Balaban J connectivity index is 1.80. The number of amides is 1. The lowest BCUT2D eigenvalue weighted by molar-refractivity contribution is 0.0943. The van der Waals surface area contributed by atoms with E-state index in [2.05, 4.69) is 19.2 Å². The fraction of sp³-hybridized carbons (Fsp3) is 0.350. The summed E-state index contributed by atoms with van der Waals surface area (Å²) in [6.45, 7) is 6.31. The largest absolute Gasteiger partial charge is 0.496 e. The molecule has 3 nitrogen and oxygen atoms in total. The van der Waals surface area contributed by atoms with E-state index in [0.717, 1.165) is 10.6 Å². The standard InChI is InChI=1S/C20H22ClNO2/c1-12-5-10-16(24-4)15(11-12)19(23)22-18-17(20(18,2)3)13-6-8-14(21)9-7-13/h5-11,17-18H,1-4H3,(H,22,23)/t17-,18-/m0/s1. The molecule has 1 aliphatic rings. The monoisotopic (exact) mass is 343 g/mol. The predicted octanol–water partition coefficient (Wildman–Crippen LogP) is 4.58. The molecule has 1 saturated carbocycles. The Morgan fingerprint density at radius 1 is 1.17 bits per heavy atom. The van der Waals surface area contributed by atoms with Crippen molar-refractivity contribution >= 4 is 17.5 Å². The number of hydrogen-bond acceptors (Lipinski definition) is 2. The summed E-state index contributed by atoms with van der Waals surface area (Å²) in [6, 6.07) is 13.6. The summed E-state index contributed by atoms with van der Waals surface area (Å²) in [5, 5.41) is 3.90. The van der Waals surface area contributed by atoms with Crippen LogP contribution in [0.2, 0.25) is 5.02 Å². The number of nitrogens with one attached hydrogen (secondary N) is 1. The number of rotatable bonds is 4. The van der Waals surface area contributed by atoms with Crippen molar-refractivity contribution in [2.45, 2.75) is 32.7 Å². The molecule has 2 aromatic carbocycles. The maximum atomic E-state index is 12.7. The molecule has 0 radical (unpaired) electrons. The zero-order chi connectivity index (χ0) is 17.5. The van der Waals surface area contributed by atoms with E-state index in [1.54, 1.807) is 7.11 Å². The molecule has 0 saturated heterocycles. The van der Waals surface area contributed by atoms with Crippen molar-refractivity contribution in [1.29, 1.82) is 0 Å². The average Bonchev–Trinajstić information content (AvgIpc) is 3.08. The van der Waals surface area contributed by atoms with Gasteiger partial charge in [-0.05, 0) is 42.2 Å². The van der Waals surface area contributed by atoms with Gasteiger partial charge in [0.2, 0.25) is 0 Å². The van der Waals surface area contributed by atoms with Crippen LogP contribution in [0.25, 0.3) is 0 Å². The van der Waals surface area contributed by atoms with Crippen LogP contribution in [0.3, 0.4) is 0 Å². The van der Waals surface area contributed by atoms with Gasteiger partial charge >= 0.3 is 0 Å². The molecule has 126 valence electrons. The number of methoxy groups -OCH3 is 1. The molecule has 1 fully saturated rings. The van der Waals surface area contributed by atoms with Gasteiger partial charge < -0.3 is 10.1 Å². The van der Waals surface area contributed by atoms with Gasteiger partial charge in [-0.1, -0.05) is 49.2 Å². The van der Waals surface area contributed by atoms with Gasteiger partial charge in [-0.15, -0.1) is 0 Å². The van der Waals surface area contributed by atoms with E-state index in [1.807, 2.05) is 49.4 Å². The Morgan fingerprint density at radius 3 is 2.46 bits per heavy atom. The second-order valence-corrected chi connectivity index (χ2v) is 7.44. The number of ether oxygens (including phenoxy) is 1. The summed E-state index contributed by atoms with van der Waals surface area (Å²) < 4.78 is 5.32. The molecule has 0 unspecified atom stereocenters. The molecule has 4 heteroatoms. The highest BCUT2D eigenvalue weighted by Gasteiger charge is 2.59. The molecule has 24 heavy (non-hydrogen) atoms. The molecule has 2 atom stereocenters. The third-order valence-corrected chi connectivity index (χ3v) is 5.19. The van der Waals surface area contributed by atoms with Crippen molar-refractivity contribution in [1.82, 2.24) is 5.32 Å². The number of carbonyl (C=O) groups excluding carboxylic acids is 1. The van der Waals surface area contributed by atoms with Crippen molar-refractivity contribution in [2.24, 2.45) is 5.41 Å². The van der Waals surface area contributed by atoms with Gasteiger partial charge in [-0.25, -0.2) is 0 Å². The first-order valence-electron chi connectivity index (χ1n) is 8.05. The fourth-order valence-corrected chi connectivity index (χ4v) is 3.54. The lowest BCUT2D eigenvalue weighted by Gasteiger charge is -2.11. The van der Waals surface area contributed by atoms with Gasteiger partial charge in [0.1, 0.15) is 5.75 Å². The van der Waals surface area contributed by atoms with Crippen LogP contribution in [0.5, 0.6) is 5.75 Å². The topological polar surface area (TPSA) is 38.3 Å². The van der Waals surface area contributed by atoms with Crippen LogP contribution in [-0.4, -0.2) is 19.1 Å². The molecule has 1 aliphatic carbocycles. The van der Waals surface area contributed by atoms with E-state index < -0.39 is 0 Å². The van der Waals surface area contributed by atoms with Crippen molar-refractivity contribution in [3.05, 3.63) is 64.2 Å². The first kappa shape index (κ1) is 16.8. The van der Waals surface area contributed by atoms with Crippen LogP contribution >= 0.6 is 11.6 Å². The van der Waals surface area contributed by atoms with E-state index in [0.29, 0.717) is 11.3 Å². The summed E-state index contributed by atoms with van der Waals surface area (Å²) in [5.74, 6) is 0.791. The minimum atomic E-state index is -0.0925. The second-order valence-electron chi connectivity index (χ2n) is 7.01. The zero-order valence-electron chi connectivity index (χ0n) is 14.4. The summed E-state index contributed by atoms with van der Waals surface area (Å²) >= 11 is 5.97. The zero-order valence-corrected chi connectivity index (χ0v) is 15.1. The van der Waals surface area contributed by atoms with Gasteiger partial charge in [-0.2, -0.15) is 0 Å². The molecule has 3 rings (SSSR count). The lowest BCUT2D eigenvalue weighted by atomic mass is 10.0. The van der Waals surface area contributed by atoms with E-state index in [4.69, 9.17) is 16.3 Å². The van der Waals surface area contributed by atoms with Crippen molar-refractivity contribution in [2.75, 3.05) is 7.11 Å². The van der Waals surface area contributed by atoms with Crippen LogP contribution in [0, 0.1) is 12.3 Å². The van der Waals surface area contributed by atoms with E-state index in [1.165, 1.54) is 5.56 Å². The molecule has 2 aromatic rings. The molecule has 0 spiro atoms. The predicted molar refractivity (Wildman–Crippen MR) is 97.0 cm³/mol. The van der Waals surface area contributed by atoms with Gasteiger partial charge in [-0.3, -0.25) is 4.79 Å². The smallest absolute Gasteiger partial charge is 0.255 e. The normalized spacial score (nSPS) is 21.2. The Hall–Kier alpha value is -2.00. The second kappa shape index (κ2) is 6.14. The Morgan fingerprint density at radius 2 is 1.83 bits per heavy atom. The van der Waals surface area contributed by atoms with Crippen LogP contribution in [-0.2, 0) is 0 Å². The maximum absolute atomic E-state index is 12.7. The average molecular weight is 344 g/mol. The first-order chi connectivity index (χ1) is 11.3. The van der Waals surface area contributed by atoms with E-state index in [9.17, 15) is 4.79 Å². The van der Waals surface area contributed by atoms with E-state index >= 15 is 0 Å². The van der Waals surface area contributed by atoms with Crippen molar-refractivity contribution in [3.8, 4) is 5.75 Å². The van der Waals surface area contributed by atoms with Crippen LogP contribution < -0.4 is 10.1 Å². The van der Waals surface area contributed by atoms with Crippen molar-refractivity contribution in [3.63, 3.8) is 0 Å². The Labute approximate surface area is 148 Å². The Kier molecular flexibility index (Phi) is 4.31. The third kappa shape index (κ3) is 3.01. The van der Waals surface area contributed by atoms with Crippen molar-refractivity contribution < 1.29 is 9.53 Å². The SMILES string of the molecule is COc1ccc(C)cc1C(=O)N[C@H]1[C@H](c2ccc(Cl)cc2)C1(C)C. The highest BCUT2D eigenvalue weighted by atomic mass is 35.5. The van der Waals surface area contributed by atoms with E-state index in [-0.39, 0.29) is 23.3 Å². The van der Waals surface area contributed by atoms with Crippen LogP contribution in [0.15, 0.2) is 42.5 Å². The summed E-state index contributed by atoms with van der Waals surface area (Å²) in [6.07, 6.45) is 0. The van der Waals surface area contributed by atoms with Crippen LogP contribution in [0.4, 0.5) is 0 Å². The lowest BCUT2D eigenvalue weighted by Crippen LogP contribution is -2.29. The van der Waals surface area contributed by atoms with Gasteiger partial charge in [0.15, 0.2) is 0 Å². The summed E-state index contributed by atoms with van der Waals surface area (Å²) in [4.78, 5) is 12.7. The molecular weight excluding hydrogens is 322 g/mol. The minimum absolute atomic E-state index is 0.0144. The number of hydrogen-bond donors (Lipinski definition) is 1. The summed E-state index contributed by atoms with van der Waals surface area (Å²) in [7, 11) is 1.58. The molecule has 0 bridgehead atoms. The fourth-order valence-electron chi connectivity index (χ4n) is 3.42. The maximum Gasteiger partial charge on any atom is 0.255 e. The molecule has 1 N–H and O–H groups in total. The molecule has 0 aliphatic heterocycles. The highest BCUT2D eigenvalue weighted by molar-refractivity contribution is 6.30. The highest BCUT2D eigenvalue weighted by Crippen LogP contribution is 2.58. The number of aryl methyl sites for hydroxylation is 1. The molecule has 0 aromatic heterocycles. The number of carbonyl (C=O) groups is 1. The number of halogens is 1. The van der Waals surface area contributed by atoms with Gasteiger partial charge in [0.05, 0.1) is 12.7 Å². The van der Waals surface area contributed by atoms with Gasteiger partial charge in [0, 0.05) is 17.0 Å². The minimum Gasteiger partial charge on any atom is -0.496 e. The number of benzene rings is 2. The molecule has 0 heterocycles. The quantitative estimate of drug-likeness (QED) is 0.882.